The fourth-order valence-corrected chi connectivity index (χ4v) is 2.67. The van der Waals surface area contributed by atoms with Crippen LogP contribution in [0.5, 0.6) is 0 Å². The summed E-state index contributed by atoms with van der Waals surface area (Å²) >= 11 is 0. The first-order chi connectivity index (χ1) is 10.9. The second kappa shape index (κ2) is 5.65. The first-order valence-electron chi connectivity index (χ1n) is 7.24. The monoisotopic (exact) mass is 293 g/mol. The predicted molar refractivity (Wildman–Crippen MR) is 79.6 cm³/mol. The van der Waals surface area contributed by atoms with E-state index < -0.39 is 0 Å². The third kappa shape index (κ3) is 2.60. The maximum Gasteiger partial charge on any atom is 0.208 e. The number of nitrogens with zero attached hydrogens (tertiary/aromatic N) is 5. The molecule has 0 fully saturated rings. The van der Waals surface area contributed by atoms with Crippen LogP contribution >= 0.6 is 0 Å². The van der Waals surface area contributed by atoms with Gasteiger partial charge in [-0.2, -0.15) is 0 Å². The lowest BCUT2D eigenvalue weighted by Gasteiger charge is -2.26. The summed E-state index contributed by atoms with van der Waals surface area (Å²) in [4.78, 5) is 19.7. The fraction of sp³-hybridized carbons (Fsp3) is 0.250. The Labute approximate surface area is 127 Å². The second-order valence-electron chi connectivity index (χ2n) is 5.29. The van der Waals surface area contributed by atoms with Crippen molar-refractivity contribution in [2.24, 2.45) is 0 Å². The quantitative estimate of drug-likeness (QED) is 0.736. The second-order valence-corrected chi connectivity index (χ2v) is 5.29. The molecule has 0 unspecified atom stereocenters. The molecule has 3 aromatic rings. The standard InChI is InChI=1S/C16H15N5O/c1-4-17-5-2-12(1)16-19-9-13-10-21(7-3-14(13)20-16)11-15-18-6-8-22-15/h1-2,4-6,8-9H,3,7,10-11H2. The molecule has 110 valence electrons. The molecule has 0 N–H and O–H groups in total. The average Bonchev–Trinajstić information content (AvgIpc) is 3.08. The van der Waals surface area contributed by atoms with Crippen molar-refractivity contribution in [3.63, 3.8) is 0 Å². The Bertz CT molecular complexity index is 757. The molecule has 1 aliphatic heterocycles. The minimum Gasteiger partial charge on any atom is -0.448 e. The van der Waals surface area contributed by atoms with Crippen molar-refractivity contribution < 1.29 is 4.42 Å². The molecule has 0 bridgehead atoms. The van der Waals surface area contributed by atoms with Gasteiger partial charge in [0.05, 0.1) is 18.4 Å². The molecule has 4 heterocycles. The maximum absolute atomic E-state index is 5.31. The van der Waals surface area contributed by atoms with E-state index in [0.717, 1.165) is 49.0 Å². The molecule has 0 saturated carbocycles. The summed E-state index contributed by atoms with van der Waals surface area (Å²) in [5.74, 6) is 1.51. The lowest BCUT2D eigenvalue weighted by molar-refractivity contribution is 0.219. The lowest BCUT2D eigenvalue weighted by atomic mass is 10.1. The topological polar surface area (TPSA) is 67.9 Å². The smallest absolute Gasteiger partial charge is 0.208 e. The first-order valence-corrected chi connectivity index (χ1v) is 7.24. The van der Waals surface area contributed by atoms with E-state index in [4.69, 9.17) is 9.40 Å². The average molecular weight is 293 g/mol. The molecule has 0 aliphatic carbocycles. The van der Waals surface area contributed by atoms with Gasteiger partial charge in [-0.05, 0) is 12.1 Å². The van der Waals surface area contributed by atoms with E-state index in [2.05, 4.69) is 19.9 Å². The third-order valence-electron chi connectivity index (χ3n) is 3.79. The Balaban J connectivity index is 1.54. The van der Waals surface area contributed by atoms with Crippen molar-refractivity contribution in [1.82, 2.24) is 24.8 Å². The molecule has 0 spiro atoms. The van der Waals surface area contributed by atoms with Gasteiger partial charge in [-0.3, -0.25) is 9.88 Å². The van der Waals surface area contributed by atoms with Gasteiger partial charge in [0.25, 0.3) is 0 Å². The normalized spacial score (nSPS) is 14.7. The summed E-state index contributed by atoms with van der Waals surface area (Å²) in [5.41, 5.74) is 3.31. The summed E-state index contributed by atoms with van der Waals surface area (Å²) in [6.45, 7) is 2.50. The highest BCUT2D eigenvalue weighted by Crippen LogP contribution is 2.21. The van der Waals surface area contributed by atoms with Crippen molar-refractivity contribution in [3.05, 3.63) is 60.3 Å². The first kappa shape index (κ1) is 13.1. The Morgan fingerprint density at radius 1 is 1.14 bits per heavy atom. The van der Waals surface area contributed by atoms with Crippen molar-refractivity contribution in [2.45, 2.75) is 19.5 Å². The molecule has 0 amide bonds. The van der Waals surface area contributed by atoms with Gasteiger partial charge >= 0.3 is 0 Å². The van der Waals surface area contributed by atoms with E-state index in [1.54, 1.807) is 24.9 Å². The zero-order valence-corrected chi connectivity index (χ0v) is 12.0. The van der Waals surface area contributed by atoms with Crippen LogP contribution in [0.3, 0.4) is 0 Å². The number of hydrogen-bond acceptors (Lipinski definition) is 6. The molecule has 4 rings (SSSR count). The van der Waals surface area contributed by atoms with E-state index in [1.807, 2.05) is 18.3 Å². The van der Waals surface area contributed by atoms with Gasteiger partial charge in [-0.1, -0.05) is 0 Å². The molecule has 1 aliphatic rings. The molecular formula is C16H15N5O. The number of oxazole rings is 1. The van der Waals surface area contributed by atoms with Gasteiger partial charge in [0, 0.05) is 49.2 Å². The Morgan fingerprint density at radius 3 is 2.86 bits per heavy atom. The SMILES string of the molecule is c1cc(-c2ncc3c(n2)CCN(Cc2ncco2)C3)ccn1. The van der Waals surface area contributed by atoms with E-state index in [-0.39, 0.29) is 0 Å². The Hall–Kier alpha value is -2.60. The van der Waals surface area contributed by atoms with Gasteiger partial charge in [-0.15, -0.1) is 0 Å². The van der Waals surface area contributed by atoms with Gasteiger partial charge < -0.3 is 4.42 Å². The van der Waals surface area contributed by atoms with Crippen molar-refractivity contribution in [1.29, 1.82) is 0 Å². The van der Waals surface area contributed by atoms with E-state index in [1.165, 1.54) is 5.56 Å². The number of pyridine rings is 1. The minimum absolute atomic E-state index is 0.721. The zero-order valence-electron chi connectivity index (χ0n) is 12.0. The summed E-state index contributed by atoms with van der Waals surface area (Å²) < 4.78 is 5.31. The maximum atomic E-state index is 5.31. The third-order valence-corrected chi connectivity index (χ3v) is 3.79. The Morgan fingerprint density at radius 2 is 2.05 bits per heavy atom. The molecule has 6 nitrogen and oxygen atoms in total. The van der Waals surface area contributed by atoms with Crippen molar-refractivity contribution in [3.8, 4) is 11.4 Å². The van der Waals surface area contributed by atoms with Crippen LogP contribution in [0.2, 0.25) is 0 Å². The van der Waals surface area contributed by atoms with Crippen LogP contribution in [-0.4, -0.2) is 31.4 Å². The van der Waals surface area contributed by atoms with Gasteiger partial charge in [0.2, 0.25) is 5.89 Å². The van der Waals surface area contributed by atoms with Crippen LogP contribution in [0, 0.1) is 0 Å². The molecule has 0 saturated heterocycles. The summed E-state index contributed by atoms with van der Waals surface area (Å²) in [5, 5.41) is 0. The van der Waals surface area contributed by atoms with Crippen LogP contribution in [0.25, 0.3) is 11.4 Å². The van der Waals surface area contributed by atoms with Crippen molar-refractivity contribution in [2.75, 3.05) is 6.54 Å². The number of aromatic nitrogens is 4. The Kier molecular flexibility index (Phi) is 3.36. The molecule has 0 radical (unpaired) electrons. The van der Waals surface area contributed by atoms with Gasteiger partial charge in [-0.25, -0.2) is 15.0 Å². The van der Waals surface area contributed by atoms with Crippen LogP contribution in [0.15, 0.2) is 47.6 Å². The molecule has 3 aromatic heterocycles. The van der Waals surface area contributed by atoms with Gasteiger partial charge in [0.15, 0.2) is 5.82 Å². The fourth-order valence-electron chi connectivity index (χ4n) is 2.67. The van der Waals surface area contributed by atoms with E-state index >= 15 is 0 Å². The van der Waals surface area contributed by atoms with Crippen LogP contribution in [0.4, 0.5) is 0 Å². The highest BCUT2D eigenvalue weighted by atomic mass is 16.3. The summed E-state index contributed by atoms with van der Waals surface area (Å²) in [6, 6.07) is 3.86. The van der Waals surface area contributed by atoms with Crippen LogP contribution in [0.1, 0.15) is 17.1 Å². The molecule has 22 heavy (non-hydrogen) atoms. The summed E-state index contributed by atoms with van der Waals surface area (Å²) in [7, 11) is 0. The minimum atomic E-state index is 0.721. The highest BCUT2D eigenvalue weighted by molar-refractivity contribution is 5.53. The van der Waals surface area contributed by atoms with Gasteiger partial charge in [0.1, 0.15) is 6.26 Å². The van der Waals surface area contributed by atoms with Crippen molar-refractivity contribution >= 4 is 0 Å². The molecular weight excluding hydrogens is 278 g/mol. The largest absolute Gasteiger partial charge is 0.448 e. The van der Waals surface area contributed by atoms with E-state index in [9.17, 15) is 0 Å². The highest BCUT2D eigenvalue weighted by Gasteiger charge is 2.19. The van der Waals surface area contributed by atoms with Crippen LogP contribution in [-0.2, 0) is 19.5 Å². The molecule has 0 aromatic carbocycles. The molecule has 6 heteroatoms. The summed E-state index contributed by atoms with van der Waals surface area (Å²) in [6.07, 6.45) is 9.65. The lowest BCUT2D eigenvalue weighted by Crippen LogP contribution is -2.31. The van der Waals surface area contributed by atoms with Crippen LogP contribution < -0.4 is 0 Å². The van der Waals surface area contributed by atoms with E-state index in [0.29, 0.717) is 0 Å². The zero-order chi connectivity index (χ0) is 14.8. The number of fused-ring (bicyclic) bond motifs is 1. The number of hydrogen-bond donors (Lipinski definition) is 0. The number of rotatable bonds is 3. The molecule has 0 atom stereocenters. The predicted octanol–water partition coefficient (Wildman–Crippen LogP) is 2.08.